The zero-order valence-electron chi connectivity index (χ0n) is 18.1. The second kappa shape index (κ2) is 8.83. The molecule has 2 fully saturated rings. The average Bonchev–Trinajstić information content (AvgIpc) is 3.07. The van der Waals surface area contributed by atoms with Crippen LogP contribution in [0, 0.1) is 0 Å². The van der Waals surface area contributed by atoms with E-state index in [1.165, 1.54) is 0 Å². The van der Waals surface area contributed by atoms with Crippen LogP contribution in [0.25, 0.3) is 0 Å². The van der Waals surface area contributed by atoms with Crippen molar-refractivity contribution in [3.8, 4) is 0 Å². The molecule has 0 bridgehead atoms. The summed E-state index contributed by atoms with van der Waals surface area (Å²) in [4.78, 5) is 23.9. The van der Waals surface area contributed by atoms with Crippen molar-refractivity contribution in [2.75, 3.05) is 13.2 Å². The number of alkyl halides is 6. The standard InChI is InChI=1S/C23H21F6N3O3/c24-22(25,26)16-8-14(9-17(10-16)23(27,28)29)11-35-13-21(15-4-2-1-3-5-15)7-6-20(12-30-21)18(33)31-19(34)32-20/h1-5,8-10,30H,6-7,11-13H2,(H2,31,32,33,34)/t20?,21-/m1/s1. The van der Waals surface area contributed by atoms with E-state index >= 15 is 0 Å². The Labute approximate surface area is 196 Å². The van der Waals surface area contributed by atoms with Crippen LogP contribution < -0.4 is 16.0 Å². The zero-order chi connectivity index (χ0) is 25.5. The number of imide groups is 1. The van der Waals surface area contributed by atoms with Crippen molar-refractivity contribution in [3.63, 3.8) is 0 Å². The van der Waals surface area contributed by atoms with Gasteiger partial charge in [-0.2, -0.15) is 26.3 Å². The molecule has 1 unspecified atom stereocenters. The molecule has 0 aromatic heterocycles. The first-order valence-electron chi connectivity index (χ1n) is 10.6. The number of hydrogen-bond donors (Lipinski definition) is 3. The summed E-state index contributed by atoms with van der Waals surface area (Å²) in [5.41, 5.74) is -4.36. The van der Waals surface area contributed by atoms with Gasteiger partial charge in [-0.25, -0.2) is 4.79 Å². The summed E-state index contributed by atoms with van der Waals surface area (Å²) < 4.78 is 84.6. The summed E-state index contributed by atoms with van der Waals surface area (Å²) in [6.45, 7) is -0.531. The highest BCUT2D eigenvalue weighted by Crippen LogP contribution is 2.38. The van der Waals surface area contributed by atoms with Crippen LogP contribution in [0.2, 0.25) is 0 Å². The summed E-state index contributed by atoms with van der Waals surface area (Å²) in [5, 5.41) is 8.04. The Morgan fingerprint density at radius 3 is 2.00 bits per heavy atom. The number of carbonyl (C=O) groups is 2. The molecule has 2 aliphatic rings. The minimum atomic E-state index is -4.95. The summed E-state index contributed by atoms with van der Waals surface area (Å²) >= 11 is 0. The van der Waals surface area contributed by atoms with E-state index < -0.39 is 53.1 Å². The van der Waals surface area contributed by atoms with Crippen LogP contribution in [0.1, 0.15) is 35.1 Å². The number of ether oxygens (including phenoxy) is 1. The van der Waals surface area contributed by atoms with Gasteiger partial charge in [0.1, 0.15) is 5.54 Å². The fraction of sp³-hybridized carbons (Fsp3) is 0.391. The Bertz CT molecular complexity index is 1080. The van der Waals surface area contributed by atoms with Gasteiger partial charge in [0.25, 0.3) is 5.91 Å². The first-order valence-corrected chi connectivity index (χ1v) is 10.6. The van der Waals surface area contributed by atoms with Crippen LogP contribution in [0.4, 0.5) is 31.1 Å². The van der Waals surface area contributed by atoms with Gasteiger partial charge >= 0.3 is 18.4 Å². The van der Waals surface area contributed by atoms with Crippen molar-refractivity contribution in [3.05, 3.63) is 70.8 Å². The Morgan fingerprint density at radius 2 is 1.51 bits per heavy atom. The van der Waals surface area contributed by atoms with Gasteiger partial charge < -0.3 is 15.4 Å². The normalized spacial score (nSPS) is 25.0. The van der Waals surface area contributed by atoms with Crippen molar-refractivity contribution in [1.82, 2.24) is 16.0 Å². The molecule has 2 aromatic carbocycles. The highest BCUT2D eigenvalue weighted by atomic mass is 19.4. The molecule has 2 aromatic rings. The molecular weight excluding hydrogens is 480 g/mol. The smallest absolute Gasteiger partial charge is 0.374 e. The van der Waals surface area contributed by atoms with Crippen LogP contribution in [0.5, 0.6) is 0 Å². The predicted molar refractivity (Wildman–Crippen MR) is 111 cm³/mol. The minimum Gasteiger partial charge on any atom is -0.374 e. The molecule has 2 aliphatic heterocycles. The lowest BCUT2D eigenvalue weighted by Gasteiger charge is -2.44. The van der Waals surface area contributed by atoms with Crippen molar-refractivity contribution in [1.29, 1.82) is 0 Å². The Hall–Kier alpha value is -3.12. The van der Waals surface area contributed by atoms with Crippen molar-refractivity contribution in [2.45, 2.75) is 42.9 Å². The number of carbonyl (C=O) groups excluding carboxylic acids is 2. The Balaban J connectivity index is 1.54. The first-order chi connectivity index (χ1) is 16.3. The van der Waals surface area contributed by atoms with Crippen LogP contribution in [0.15, 0.2) is 48.5 Å². The van der Waals surface area contributed by atoms with Gasteiger partial charge in [0.2, 0.25) is 0 Å². The van der Waals surface area contributed by atoms with Crippen LogP contribution in [-0.2, 0) is 34.0 Å². The second-order valence-electron chi connectivity index (χ2n) is 8.70. The number of halogens is 6. The van der Waals surface area contributed by atoms with Crippen LogP contribution in [0.3, 0.4) is 0 Å². The molecule has 1 spiro atoms. The van der Waals surface area contributed by atoms with E-state index in [1.807, 2.05) is 0 Å². The fourth-order valence-corrected chi connectivity index (χ4v) is 4.41. The molecule has 12 heteroatoms. The predicted octanol–water partition coefficient (Wildman–Crippen LogP) is 4.10. The maximum absolute atomic E-state index is 13.2. The molecule has 35 heavy (non-hydrogen) atoms. The van der Waals surface area contributed by atoms with E-state index in [1.54, 1.807) is 30.3 Å². The minimum absolute atomic E-state index is 0.0601. The molecule has 2 atom stereocenters. The molecule has 4 rings (SSSR count). The molecule has 6 nitrogen and oxygen atoms in total. The summed E-state index contributed by atoms with van der Waals surface area (Å²) in [6.07, 6.45) is -9.35. The Morgan fingerprint density at radius 1 is 0.886 bits per heavy atom. The molecule has 2 saturated heterocycles. The Kier molecular flexibility index (Phi) is 6.30. The van der Waals surface area contributed by atoms with Crippen molar-refractivity contribution < 1.29 is 40.7 Å². The second-order valence-corrected chi connectivity index (χ2v) is 8.70. The molecule has 3 amide bonds. The highest BCUT2D eigenvalue weighted by Gasteiger charge is 2.52. The number of nitrogens with one attached hydrogen (secondary N) is 3. The van der Waals surface area contributed by atoms with E-state index in [4.69, 9.17) is 4.74 Å². The third-order valence-electron chi connectivity index (χ3n) is 6.31. The van der Waals surface area contributed by atoms with E-state index in [9.17, 15) is 35.9 Å². The number of rotatable bonds is 5. The van der Waals surface area contributed by atoms with Gasteiger partial charge in [-0.15, -0.1) is 0 Å². The van der Waals surface area contributed by atoms with E-state index in [2.05, 4.69) is 16.0 Å². The molecule has 0 aliphatic carbocycles. The first kappa shape index (κ1) is 25.0. The SMILES string of the molecule is O=C1NC(=O)C2(CC[C@@](COCc3cc(C(F)(F)F)cc(C(F)(F)F)c3)(c3ccccc3)NC2)N1. The van der Waals surface area contributed by atoms with E-state index in [0.717, 1.165) is 5.56 Å². The number of benzene rings is 2. The van der Waals surface area contributed by atoms with Gasteiger partial charge in [-0.05, 0) is 42.2 Å². The number of piperidine rings is 1. The average molecular weight is 501 g/mol. The summed E-state index contributed by atoms with van der Waals surface area (Å²) in [5.74, 6) is -0.471. The molecule has 2 heterocycles. The third-order valence-corrected chi connectivity index (χ3v) is 6.31. The molecule has 0 radical (unpaired) electrons. The van der Waals surface area contributed by atoms with E-state index in [0.29, 0.717) is 18.6 Å². The largest absolute Gasteiger partial charge is 0.416 e. The number of amides is 3. The third kappa shape index (κ3) is 5.13. The van der Waals surface area contributed by atoms with E-state index in [-0.39, 0.29) is 31.2 Å². The van der Waals surface area contributed by atoms with Gasteiger partial charge in [0.15, 0.2) is 0 Å². The van der Waals surface area contributed by atoms with Crippen molar-refractivity contribution in [2.24, 2.45) is 0 Å². The quantitative estimate of drug-likeness (QED) is 0.426. The summed E-state index contributed by atoms with van der Waals surface area (Å²) in [7, 11) is 0. The van der Waals surface area contributed by atoms with Crippen LogP contribution >= 0.6 is 0 Å². The lowest BCUT2D eigenvalue weighted by Crippen LogP contribution is -2.64. The van der Waals surface area contributed by atoms with Gasteiger partial charge in [-0.3, -0.25) is 10.1 Å². The highest BCUT2D eigenvalue weighted by molar-refractivity contribution is 6.07. The fourth-order valence-electron chi connectivity index (χ4n) is 4.41. The maximum atomic E-state index is 13.2. The van der Waals surface area contributed by atoms with Crippen molar-refractivity contribution >= 4 is 11.9 Å². The topological polar surface area (TPSA) is 79.5 Å². The maximum Gasteiger partial charge on any atom is 0.416 e. The zero-order valence-corrected chi connectivity index (χ0v) is 18.1. The number of urea groups is 1. The van der Waals surface area contributed by atoms with Gasteiger partial charge in [0.05, 0.1) is 29.9 Å². The lowest BCUT2D eigenvalue weighted by molar-refractivity contribution is -0.143. The summed E-state index contributed by atoms with van der Waals surface area (Å²) in [6, 6.07) is 9.65. The molecule has 0 saturated carbocycles. The molecule has 188 valence electrons. The lowest BCUT2D eigenvalue weighted by atomic mass is 9.76. The number of hydrogen-bond acceptors (Lipinski definition) is 4. The monoisotopic (exact) mass is 501 g/mol. The van der Waals surface area contributed by atoms with Gasteiger partial charge in [-0.1, -0.05) is 30.3 Å². The molecule has 3 N–H and O–H groups in total. The van der Waals surface area contributed by atoms with Gasteiger partial charge in [0, 0.05) is 6.54 Å². The van der Waals surface area contributed by atoms with Crippen LogP contribution in [-0.4, -0.2) is 30.6 Å². The molecular formula is C23H21F6N3O3.